The Kier molecular flexibility index (Phi) is 2.55. The number of likely N-dealkylation sites (tertiary alicyclic amines) is 1. The standard InChI is InChI=1S/C11H11N5O3/c17-10(8-2-1-3-12-8)15-4-7(5-15)16-6-9(11(18)19)13-14-16/h1-3,6-7,12H,4-5H2,(H,18,19). The van der Waals surface area contributed by atoms with E-state index in [4.69, 9.17) is 5.11 Å². The van der Waals surface area contributed by atoms with Crippen LogP contribution >= 0.6 is 0 Å². The summed E-state index contributed by atoms with van der Waals surface area (Å²) in [5.41, 5.74) is 0.456. The summed E-state index contributed by atoms with van der Waals surface area (Å²) in [5, 5.41) is 16.0. The zero-order valence-electron chi connectivity index (χ0n) is 9.85. The lowest BCUT2D eigenvalue weighted by Crippen LogP contribution is -2.51. The SMILES string of the molecule is O=C(O)c1cn(C2CN(C(=O)c3ccc[nH]3)C2)nn1. The number of aromatic amines is 1. The van der Waals surface area contributed by atoms with Crippen molar-refractivity contribution in [1.29, 1.82) is 0 Å². The highest BCUT2D eigenvalue weighted by Gasteiger charge is 2.33. The second kappa shape index (κ2) is 4.23. The molecule has 1 saturated heterocycles. The van der Waals surface area contributed by atoms with Crippen LogP contribution in [0.2, 0.25) is 0 Å². The first kappa shape index (κ1) is 11.5. The van der Waals surface area contributed by atoms with Gasteiger partial charge in [-0.15, -0.1) is 5.10 Å². The van der Waals surface area contributed by atoms with Crippen molar-refractivity contribution in [2.45, 2.75) is 6.04 Å². The van der Waals surface area contributed by atoms with Crippen molar-refractivity contribution in [3.05, 3.63) is 35.9 Å². The van der Waals surface area contributed by atoms with Gasteiger partial charge in [0.2, 0.25) is 0 Å². The summed E-state index contributed by atoms with van der Waals surface area (Å²) < 4.78 is 1.49. The molecule has 3 heterocycles. The molecule has 1 aliphatic rings. The number of H-pyrrole nitrogens is 1. The topological polar surface area (TPSA) is 104 Å². The van der Waals surface area contributed by atoms with Gasteiger partial charge in [0.05, 0.1) is 12.2 Å². The molecule has 0 bridgehead atoms. The van der Waals surface area contributed by atoms with Crippen molar-refractivity contribution < 1.29 is 14.7 Å². The van der Waals surface area contributed by atoms with Gasteiger partial charge in [0, 0.05) is 19.3 Å². The number of carbonyl (C=O) groups excluding carboxylic acids is 1. The number of rotatable bonds is 3. The van der Waals surface area contributed by atoms with Crippen LogP contribution in [0, 0.1) is 0 Å². The molecule has 19 heavy (non-hydrogen) atoms. The molecule has 8 nitrogen and oxygen atoms in total. The lowest BCUT2D eigenvalue weighted by molar-refractivity contribution is 0.0492. The van der Waals surface area contributed by atoms with Crippen molar-refractivity contribution >= 4 is 11.9 Å². The summed E-state index contributed by atoms with van der Waals surface area (Å²) in [5.74, 6) is -1.18. The highest BCUT2D eigenvalue weighted by atomic mass is 16.4. The number of aromatic carboxylic acids is 1. The van der Waals surface area contributed by atoms with E-state index in [1.807, 2.05) is 0 Å². The maximum Gasteiger partial charge on any atom is 0.358 e. The van der Waals surface area contributed by atoms with Gasteiger partial charge in [0.1, 0.15) is 5.69 Å². The number of carbonyl (C=O) groups is 2. The minimum absolute atomic E-state index is 0.0143. The van der Waals surface area contributed by atoms with Crippen LogP contribution < -0.4 is 0 Å². The predicted octanol–water partition coefficient (Wildman–Crippen LogP) is 0.00150. The largest absolute Gasteiger partial charge is 0.476 e. The van der Waals surface area contributed by atoms with E-state index in [9.17, 15) is 9.59 Å². The third-order valence-corrected chi connectivity index (χ3v) is 3.08. The fourth-order valence-electron chi connectivity index (χ4n) is 1.98. The Balaban J connectivity index is 1.63. The quantitative estimate of drug-likeness (QED) is 0.809. The number of nitrogens with one attached hydrogen (secondary N) is 1. The summed E-state index contributed by atoms with van der Waals surface area (Å²) in [7, 11) is 0. The van der Waals surface area contributed by atoms with E-state index in [-0.39, 0.29) is 17.6 Å². The Hall–Kier alpha value is -2.64. The van der Waals surface area contributed by atoms with E-state index in [0.717, 1.165) is 0 Å². The van der Waals surface area contributed by atoms with Crippen LogP contribution in [0.3, 0.4) is 0 Å². The van der Waals surface area contributed by atoms with Crippen LogP contribution in [0.25, 0.3) is 0 Å². The number of carboxylic acids is 1. The molecule has 1 aliphatic heterocycles. The van der Waals surface area contributed by atoms with Crippen LogP contribution in [0.5, 0.6) is 0 Å². The second-order valence-electron chi connectivity index (χ2n) is 4.34. The van der Waals surface area contributed by atoms with E-state index in [2.05, 4.69) is 15.3 Å². The highest BCUT2D eigenvalue weighted by molar-refractivity contribution is 5.93. The van der Waals surface area contributed by atoms with Gasteiger partial charge in [0.15, 0.2) is 5.69 Å². The van der Waals surface area contributed by atoms with Gasteiger partial charge in [0.25, 0.3) is 5.91 Å². The van der Waals surface area contributed by atoms with Gasteiger partial charge in [-0.2, -0.15) is 0 Å². The first-order valence-electron chi connectivity index (χ1n) is 5.73. The maximum atomic E-state index is 11.9. The van der Waals surface area contributed by atoms with E-state index >= 15 is 0 Å². The van der Waals surface area contributed by atoms with Crippen LogP contribution in [0.4, 0.5) is 0 Å². The molecule has 3 rings (SSSR count). The molecule has 0 radical (unpaired) electrons. The summed E-state index contributed by atoms with van der Waals surface area (Å²) >= 11 is 0. The third kappa shape index (κ3) is 1.96. The molecule has 2 aromatic rings. The van der Waals surface area contributed by atoms with Crippen molar-refractivity contribution in [3.8, 4) is 0 Å². The molecule has 98 valence electrons. The molecule has 8 heteroatoms. The molecule has 1 fully saturated rings. The maximum absolute atomic E-state index is 11.9. The van der Waals surface area contributed by atoms with Gasteiger partial charge >= 0.3 is 5.97 Å². The van der Waals surface area contributed by atoms with Crippen LogP contribution in [0.1, 0.15) is 27.0 Å². The molecular weight excluding hydrogens is 250 g/mol. The van der Waals surface area contributed by atoms with Crippen LogP contribution in [0.15, 0.2) is 24.5 Å². The Morgan fingerprint density at radius 1 is 1.42 bits per heavy atom. The molecular formula is C11H11N5O3. The first-order valence-corrected chi connectivity index (χ1v) is 5.73. The molecule has 0 atom stereocenters. The zero-order chi connectivity index (χ0) is 13.4. The Morgan fingerprint density at radius 3 is 2.79 bits per heavy atom. The molecule has 0 aliphatic carbocycles. The predicted molar refractivity (Wildman–Crippen MR) is 62.7 cm³/mol. The van der Waals surface area contributed by atoms with Crippen LogP contribution in [-0.2, 0) is 0 Å². The van der Waals surface area contributed by atoms with Crippen molar-refractivity contribution in [1.82, 2.24) is 24.9 Å². The Bertz CT molecular complexity index is 612. The molecule has 2 aromatic heterocycles. The number of hydrogen-bond donors (Lipinski definition) is 2. The number of hydrogen-bond acceptors (Lipinski definition) is 4. The van der Waals surface area contributed by atoms with Gasteiger partial charge in [-0.1, -0.05) is 5.21 Å². The lowest BCUT2D eigenvalue weighted by Gasteiger charge is -2.38. The first-order chi connectivity index (χ1) is 9.15. The Labute approximate surface area is 107 Å². The van der Waals surface area contributed by atoms with Gasteiger partial charge in [-0.3, -0.25) is 4.79 Å². The average molecular weight is 261 g/mol. The van der Waals surface area contributed by atoms with E-state index in [1.54, 1.807) is 23.2 Å². The van der Waals surface area contributed by atoms with Crippen LogP contribution in [-0.4, -0.2) is 55.0 Å². The minimum Gasteiger partial charge on any atom is -0.476 e. The van der Waals surface area contributed by atoms with Gasteiger partial charge < -0.3 is 15.0 Å². The molecule has 1 amide bonds. The zero-order valence-corrected chi connectivity index (χ0v) is 9.85. The summed E-state index contributed by atoms with van der Waals surface area (Å²) in [6.45, 7) is 1.00. The van der Waals surface area contributed by atoms with Crippen molar-refractivity contribution in [3.63, 3.8) is 0 Å². The minimum atomic E-state index is -1.11. The highest BCUT2D eigenvalue weighted by Crippen LogP contribution is 2.22. The molecule has 0 unspecified atom stereocenters. The fraction of sp³-hybridized carbons (Fsp3) is 0.273. The second-order valence-corrected chi connectivity index (χ2v) is 4.34. The number of aromatic nitrogens is 4. The number of nitrogens with zero attached hydrogens (tertiary/aromatic N) is 4. The molecule has 0 aromatic carbocycles. The number of carboxylic acid groups (broad SMARTS) is 1. The average Bonchev–Trinajstić information content (AvgIpc) is 2.98. The van der Waals surface area contributed by atoms with Crippen molar-refractivity contribution in [2.24, 2.45) is 0 Å². The Morgan fingerprint density at radius 2 is 2.21 bits per heavy atom. The number of amides is 1. The summed E-state index contributed by atoms with van der Waals surface area (Å²) in [4.78, 5) is 27.1. The smallest absolute Gasteiger partial charge is 0.358 e. The van der Waals surface area contributed by atoms with Gasteiger partial charge in [-0.25, -0.2) is 9.48 Å². The van der Waals surface area contributed by atoms with E-state index in [0.29, 0.717) is 18.8 Å². The third-order valence-electron chi connectivity index (χ3n) is 3.08. The normalized spacial score (nSPS) is 15.3. The van der Waals surface area contributed by atoms with E-state index in [1.165, 1.54) is 10.9 Å². The fourth-order valence-corrected chi connectivity index (χ4v) is 1.98. The molecule has 0 spiro atoms. The van der Waals surface area contributed by atoms with E-state index < -0.39 is 5.97 Å². The van der Waals surface area contributed by atoms with Crippen molar-refractivity contribution in [2.75, 3.05) is 13.1 Å². The summed E-state index contributed by atoms with van der Waals surface area (Å²) in [6.07, 6.45) is 3.07. The summed E-state index contributed by atoms with van der Waals surface area (Å²) in [6, 6.07) is 3.47. The molecule has 0 saturated carbocycles. The monoisotopic (exact) mass is 261 g/mol. The lowest BCUT2D eigenvalue weighted by atomic mass is 10.1. The van der Waals surface area contributed by atoms with Gasteiger partial charge in [-0.05, 0) is 12.1 Å². The molecule has 2 N–H and O–H groups in total.